The van der Waals surface area contributed by atoms with Gasteiger partial charge in [0.05, 0.1) is 0 Å². The molecule has 0 aliphatic carbocycles. The van der Waals surface area contributed by atoms with Crippen molar-refractivity contribution in [2.75, 3.05) is 0 Å². The van der Waals surface area contributed by atoms with Gasteiger partial charge in [0.15, 0.2) is 0 Å². The van der Waals surface area contributed by atoms with Crippen molar-refractivity contribution in [3.63, 3.8) is 0 Å². The molecule has 0 unspecified atom stereocenters. The minimum atomic E-state index is 1.06. The van der Waals surface area contributed by atoms with Crippen LogP contribution in [0.1, 0.15) is 53.4 Å². The summed E-state index contributed by atoms with van der Waals surface area (Å²) in [5.74, 6) is 0. The van der Waals surface area contributed by atoms with Crippen LogP contribution in [0.4, 0.5) is 0 Å². The SMILES string of the molecule is CC(=C=CC=CCl)CCC=C(C)CCC=C(C)C. The zero-order valence-electron chi connectivity index (χ0n) is 12.1. The molecule has 0 aromatic rings. The molecule has 100 valence electrons. The third-order valence-electron chi connectivity index (χ3n) is 2.60. The minimum Gasteiger partial charge on any atom is -0.122 e. The van der Waals surface area contributed by atoms with E-state index in [1.807, 2.05) is 6.08 Å². The molecule has 0 radical (unpaired) electrons. The smallest absolute Gasteiger partial charge is 0.00486 e. The van der Waals surface area contributed by atoms with Crippen molar-refractivity contribution in [2.24, 2.45) is 0 Å². The van der Waals surface area contributed by atoms with E-state index >= 15 is 0 Å². The maximum Gasteiger partial charge on any atom is 0.00486 e. The van der Waals surface area contributed by atoms with Gasteiger partial charge in [-0.15, -0.1) is 5.73 Å². The Balaban J connectivity index is 4.01. The first-order valence-corrected chi connectivity index (χ1v) is 6.96. The molecular weight excluding hydrogens is 240 g/mol. The monoisotopic (exact) mass is 264 g/mol. The molecule has 0 saturated carbocycles. The van der Waals surface area contributed by atoms with Crippen LogP contribution in [0.15, 0.2) is 52.3 Å². The van der Waals surface area contributed by atoms with E-state index in [1.54, 1.807) is 6.08 Å². The van der Waals surface area contributed by atoms with Crippen LogP contribution < -0.4 is 0 Å². The van der Waals surface area contributed by atoms with E-state index in [4.69, 9.17) is 11.6 Å². The Morgan fingerprint density at radius 1 is 1.00 bits per heavy atom. The summed E-state index contributed by atoms with van der Waals surface area (Å²) in [4.78, 5) is 0. The predicted octanol–water partition coefficient (Wildman–Crippen LogP) is 6.31. The van der Waals surface area contributed by atoms with Gasteiger partial charge in [0.1, 0.15) is 0 Å². The van der Waals surface area contributed by atoms with E-state index in [0.717, 1.165) is 19.3 Å². The molecule has 0 aromatic heterocycles. The largest absolute Gasteiger partial charge is 0.122 e. The first-order chi connectivity index (χ1) is 8.56. The van der Waals surface area contributed by atoms with Crippen molar-refractivity contribution >= 4 is 11.6 Å². The van der Waals surface area contributed by atoms with Crippen LogP contribution in [0, 0.1) is 0 Å². The summed E-state index contributed by atoms with van der Waals surface area (Å²) in [6.07, 6.45) is 12.7. The number of rotatable bonds is 7. The third-order valence-corrected chi connectivity index (χ3v) is 2.75. The maximum atomic E-state index is 5.43. The fraction of sp³-hybridized carbons (Fsp3) is 0.471. The molecule has 0 bridgehead atoms. The van der Waals surface area contributed by atoms with Crippen molar-refractivity contribution in [3.8, 4) is 0 Å². The van der Waals surface area contributed by atoms with Crippen molar-refractivity contribution < 1.29 is 0 Å². The summed E-state index contributed by atoms with van der Waals surface area (Å²) in [5.41, 5.74) is 8.83. The van der Waals surface area contributed by atoms with E-state index < -0.39 is 0 Å². The fourth-order valence-electron chi connectivity index (χ4n) is 1.52. The minimum absolute atomic E-state index is 1.06. The molecule has 0 nitrogen and oxygen atoms in total. The van der Waals surface area contributed by atoms with Gasteiger partial charge in [-0.1, -0.05) is 34.9 Å². The van der Waals surface area contributed by atoms with Gasteiger partial charge in [-0.05, 0) is 71.1 Å². The van der Waals surface area contributed by atoms with Gasteiger partial charge in [0, 0.05) is 5.54 Å². The lowest BCUT2D eigenvalue weighted by Crippen LogP contribution is -1.79. The Morgan fingerprint density at radius 2 is 1.67 bits per heavy atom. The second-order valence-corrected chi connectivity index (χ2v) is 5.07. The molecule has 0 aromatic carbocycles. The quantitative estimate of drug-likeness (QED) is 0.287. The van der Waals surface area contributed by atoms with Crippen LogP contribution in [-0.2, 0) is 0 Å². The van der Waals surface area contributed by atoms with E-state index in [9.17, 15) is 0 Å². The van der Waals surface area contributed by atoms with Gasteiger partial charge in [-0.2, -0.15) is 0 Å². The first-order valence-electron chi connectivity index (χ1n) is 6.52. The summed E-state index contributed by atoms with van der Waals surface area (Å²) in [5, 5.41) is 0. The van der Waals surface area contributed by atoms with Gasteiger partial charge in [0.25, 0.3) is 0 Å². The lowest BCUT2D eigenvalue weighted by Gasteiger charge is -1.99. The molecule has 0 heterocycles. The molecule has 0 fully saturated rings. The molecule has 0 rings (SSSR count). The van der Waals surface area contributed by atoms with Crippen molar-refractivity contribution in [2.45, 2.75) is 53.4 Å². The molecule has 0 saturated heterocycles. The molecule has 1 heteroatoms. The molecular formula is C17H25Cl. The fourth-order valence-corrected chi connectivity index (χ4v) is 1.60. The zero-order valence-corrected chi connectivity index (χ0v) is 12.8. The van der Waals surface area contributed by atoms with Gasteiger partial charge in [-0.25, -0.2) is 0 Å². The second-order valence-electron chi connectivity index (χ2n) is 4.82. The predicted molar refractivity (Wildman–Crippen MR) is 83.9 cm³/mol. The second kappa shape index (κ2) is 11.1. The normalized spacial score (nSPS) is 11.3. The highest BCUT2D eigenvalue weighted by molar-refractivity contribution is 6.25. The highest BCUT2D eigenvalue weighted by Gasteiger charge is 1.90. The third kappa shape index (κ3) is 11.5. The van der Waals surface area contributed by atoms with E-state index in [-0.39, 0.29) is 0 Å². The number of hydrogen-bond acceptors (Lipinski definition) is 0. The van der Waals surface area contributed by atoms with Gasteiger partial charge in [-0.3, -0.25) is 0 Å². The van der Waals surface area contributed by atoms with Crippen molar-refractivity contribution in [1.29, 1.82) is 0 Å². The Kier molecular flexibility index (Phi) is 10.5. The van der Waals surface area contributed by atoms with E-state index in [2.05, 4.69) is 45.6 Å². The van der Waals surface area contributed by atoms with Crippen LogP contribution in [0.5, 0.6) is 0 Å². The number of halogens is 1. The molecule has 18 heavy (non-hydrogen) atoms. The Bertz CT molecular complexity index is 370. The van der Waals surface area contributed by atoms with Crippen LogP contribution in [0.3, 0.4) is 0 Å². The first kappa shape index (κ1) is 17.0. The number of hydrogen-bond donors (Lipinski definition) is 0. The lowest BCUT2D eigenvalue weighted by atomic mass is 10.1. The number of allylic oxidation sites excluding steroid dienone is 6. The standard InChI is InChI=1S/C17H25Cl/c1-15(2)9-7-11-17(4)13-8-12-16(3)10-5-6-14-18/h5-6,9,13-14H,7-8,11-12H2,1-4H3. The highest BCUT2D eigenvalue weighted by Crippen LogP contribution is 2.10. The van der Waals surface area contributed by atoms with Gasteiger partial charge in [0.2, 0.25) is 0 Å². The average Bonchev–Trinajstić information content (AvgIpc) is 2.29. The van der Waals surface area contributed by atoms with Crippen LogP contribution in [-0.4, -0.2) is 0 Å². The topological polar surface area (TPSA) is 0 Å². The maximum absolute atomic E-state index is 5.43. The summed E-state index contributed by atoms with van der Waals surface area (Å²) >= 11 is 5.43. The van der Waals surface area contributed by atoms with Crippen LogP contribution >= 0.6 is 11.6 Å². The van der Waals surface area contributed by atoms with Crippen LogP contribution in [0.2, 0.25) is 0 Å². The van der Waals surface area contributed by atoms with Crippen molar-refractivity contribution in [1.82, 2.24) is 0 Å². The zero-order chi connectivity index (χ0) is 13.8. The van der Waals surface area contributed by atoms with Gasteiger partial charge < -0.3 is 0 Å². The molecule has 0 atom stereocenters. The molecule has 0 amide bonds. The van der Waals surface area contributed by atoms with E-state index in [1.165, 1.54) is 28.7 Å². The summed E-state index contributed by atoms with van der Waals surface area (Å²) in [6, 6.07) is 0. The summed E-state index contributed by atoms with van der Waals surface area (Å²) in [6.45, 7) is 8.61. The Hall–Kier alpha value is -0.970. The molecule has 0 aliphatic heterocycles. The molecule has 0 N–H and O–H groups in total. The van der Waals surface area contributed by atoms with Crippen LogP contribution in [0.25, 0.3) is 0 Å². The molecule has 0 spiro atoms. The molecule has 0 aliphatic rings. The summed E-state index contributed by atoms with van der Waals surface area (Å²) < 4.78 is 0. The Labute approximate surface area is 117 Å². The average molecular weight is 265 g/mol. The van der Waals surface area contributed by atoms with Crippen molar-refractivity contribution in [3.05, 3.63) is 52.3 Å². The summed E-state index contributed by atoms with van der Waals surface area (Å²) in [7, 11) is 0. The lowest BCUT2D eigenvalue weighted by molar-refractivity contribution is 0.919. The van der Waals surface area contributed by atoms with E-state index in [0.29, 0.717) is 0 Å². The highest BCUT2D eigenvalue weighted by atomic mass is 35.5. The Morgan fingerprint density at radius 3 is 2.28 bits per heavy atom. The van der Waals surface area contributed by atoms with Gasteiger partial charge >= 0.3 is 0 Å².